The Morgan fingerprint density at radius 1 is 1.46 bits per heavy atom. The van der Waals surface area contributed by atoms with Crippen molar-refractivity contribution in [2.24, 2.45) is 0 Å². The molecule has 0 spiro atoms. The van der Waals surface area contributed by atoms with E-state index in [0.717, 1.165) is 0 Å². The van der Waals surface area contributed by atoms with E-state index in [4.69, 9.17) is 9.26 Å². The molecule has 0 aromatic carbocycles. The van der Waals surface area contributed by atoms with Crippen LogP contribution < -0.4 is 0 Å². The number of hydrogen-bond acceptors (Lipinski definition) is 5. The van der Waals surface area contributed by atoms with Gasteiger partial charge in [-0.1, -0.05) is 0 Å². The van der Waals surface area contributed by atoms with Crippen LogP contribution in [0, 0.1) is 0 Å². The molecule has 0 bridgehead atoms. The summed E-state index contributed by atoms with van der Waals surface area (Å²) in [5.41, 5.74) is 0. The average Bonchev–Trinajstić information content (AvgIpc) is 2.13. The third-order valence-electron chi connectivity index (χ3n) is 1.41. The van der Waals surface area contributed by atoms with Crippen molar-refractivity contribution in [1.82, 2.24) is 0 Å². The van der Waals surface area contributed by atoms with Crippen LogP contribution in [0.2, 0.25) is 0 Å². The first-order valence-electron chi connectivity index (χ1n) is 3.91. The Bertz CT molecular complexity index is 182. The fourth-order valence-electron chi connectivity index (χ4n) is 0.766. The van der Waals surface area contributed by atoms with Crippen LogP contribution in [0.3, 0.4) is 0 Å². The van der Waals surface area contributed by atoms with Gasteiger partial charge in [0, 0.05) is 7.11 Å². The lowest BCUT2D eigenvalue weighted by Gasteiger charge is -2.11. The summed E-state index contributed by atoms with van der Waals surface area (Å²) in [6.07, 6.45) is -0.718. The summed E-state index contributed by atoms with van der Waals surface area (Å²) in [5, 5.41) is 0. The molecule has 0 aliphatic carbocycles. The fraction of sp³-hybridized carbons (Fsp3) is 0.857. The molecule has 5 nitrogen and oxygen atoms in total. The number of hydrogen-bond donors (Lipinski definition) is 0. The second-order valence-electron chi connectivity index (χ2n) is 2.26. The SMILES string of the molecule is CCO[PH](=O)CC(OC)C(=O)OC. The molecule has 0 N–H and O–H groups in total. The van der Waals surface area contributed by atoms with Gasteiger partial charge >= 0.3 is 5.97 Å². The minimum Gasteiger partial charge on any atom is -0.467 e. The summed E-state index contributed by atoms with van der Waals surface area (Å²) in [6, 6.07) is 0. The lowest BCUT2D eigenvalue weighted by Crippen LogP contribution is -2.26. The molecule has 0 aromatic rings. The van der Waals surface area contributed by atoms with E-state index in [2.05, 4.69) is 4.74 Å². The topological polar surface area (TPSA) is 61.8 Å². The second-order valence-corrected chi connectivity index (χ2v) is 3.70. The van der Waals surface area contributed by atoms with E-state index < -0.39 is 20.1 Å². The lowest BCUT2D eigenvalue weighted by molar-refractivity contribution is -0.150. The zero-order chi connectivity index (χ0) is 10.3. The summed E-state index contributed by atoms with van der Waals surface area (Å²) >= 11 is 0. The van der Waals surface area contributed by atoms with E-state index in [1.165, 1.54) is 14.2 Å². The molecule has 0 amide bonds. The van der Waals surface area contributed by atoms with E-state index in [0.29, 0.717) is 6.61 Å². The number of carbonyl (C=O) groups excluding carboxylic acids is 1. The summed E-state index contributed by atoms with van der Waals surface area (Å²) in [5.74, 6) is -0.527. The van der Waals surface area contributed by atoms with E-state index in [1.807, 2.05) is 0 Å². The van der Waals surface area contributed by atoms with Gasteiger partial charge < -0.3 is 14.0 Å². The first-order chi connectivity index (χ1) is 6.15. The molecule has 0 aromatic heterocycles. The van der Waals surface area contributed by atoms with E-state index >= 15 is 0 Å². The highest BCUT2D eigenvalue weighted by molar-refractivity contribution is 7.39. The van der Waals surface area contributed by atoms with E-state index in [-0.39, 0.29) is 6.16 Å². The quantitative estimate of drug-likeness (QED) is 0.476. The largest absolute Gasteiger partial charge is 0.467 e. The van der Waals surface area contributed by atoms with Crippen molar-refractivity contribution >= 4 is 14.0 Å². The Hall–Kier alpha value is -0.380. The van der Waals surface area contributed by atoms with Gasteiger partial charge in [-0.2, -0.15) is 0 Å². The first-order valence-corrected chi connectivity index (χ1v) is 5.44. The van der Waals surface area contributed by atoms with Crippen molar-refractivity contribution in [1.29, 1.82) is 0 Å². The predicted octanol–water partition coefficient (Wildman–Crippen LogP) is 0.686. The Morgan fingerprint density at radius 3 is 2.46 bits per heavy atom. The molecule has 0 aliphatic heterocycles. The summed E-state index contributed by atoms with van der Waals surface area (Å²) in [7, 11) is 0.438. The molecular weight excluding hydrogens is 195 g/mol. The van der Waals surface area contributed by atoms with Crippen LogP contribution in [0.4, 0.5) is 0 Å². The van der Waals surface area contributed by atoms with E-state index in [9.17, 15) is 9.36 Å². The number of rotatable bonds is 6. The molecule has 0 rings (SSSR count). The molecule has 2 atom stereocenters. The average molecular weight is 210 g/mol. The Kier molecular flexibility index (Phi) is 6.86. The van der Waals surface area contributed by atoms with E-state index in [1.54, 1.807) is 6.92 Å². The van der Waals surface area contributed by atoms with Gasteiger partial charge in [0.2, 0.25) is 0 Å². The predicted molar refractivity (Wildman–Crippen MR) is 48.3 cm³/mol. The number of carbonyl (C=O) groups is 1. The third kappa shape index (κ3) is 5.03. The summed E-state index contributed by atoms with van der Waals surface area (Å²) < 4.78 is 25.2. The third-order valence-corrected chi connectivity index (χ3v) is 2.72. The number of esters is 1. The van der Waals surface area contributed by atoms with Crippen molar-refractivity contribution in [3.63, 3.8) is 0 Å². The Balaban J connectivity index is 3.97. The monoisotopic (exact) mass is 210 g/mol. The maximum Gasteiger partial charge on any atom is 0.335 e. The molecule has 0 heterocycles. The van der Waals surface area contributed by atoms with Gasteiger partial charge in [-0.15, -0.1) is 0 Å². The van der Waals surface area contributed by atoms with Gasteiger partial charge in [0.1, 0.15) is 0 Å². The lowest BCUT2D eigenvalue weighted by atomic mass is 10.4. The van der Waals surface area contributed by atoms with Crippen LogP contribution in [-0.2, 0) is 23.4 Å². The smallest absolute Gasteiger partial charge is 0.335 e. The molecule has 0 aliphatic rings. The van der Waals surface area contributed by atoms with Gasteiger partial charge in [-0.05, 0) is 6.92 Å². The number of ether oxygens (including phenoxy) is 2. The second kappa shape index (κ2) is 7.06. The van der Waals surface area contributed by atoms with Crippen LogP contribution in [-0.4, -0.2) is 39.1 Å². The van der Waals surface area contributed by atoms with Crippen LogP contribution >= 0.6 is 8.03 Å². The minimum atomic E-state index is -2.18. The van der Waals surface area contributed by atoms with Crippen LogP contribution in [0.1, 0.15) is 6.92 Å². The molecule has 0 fully saturated rings. The van der Waals surface area contributed by atoms with Crippen LogP contribution in [0.15, 0.2) is 0 Å². The van der Waals surface area contributed by atoms with Crippen molar-refractivity contribution in [3.8, 4) is 0 Å². The standard InChI is InChI=1S/C7H15O5P/c1-4-12-13(9)5-6(10-2)7(8)11-3/h6,13H,4-5H2,1-3H3. The minimum absolute atomic E-state index is 0.0711. The maximum absolute atomic E-state index is 11.1. The molecule has 78 valence electrons. The molecule has 0 radical (unpaired) electrons. The first kappa shape index (κ1) is 12.6. The zero-order valence-electron chi connectivity index (χ0n) is 8.03. The van der Waals surface area contributed by atoms with Gasteiger partial charge in [-0.25, -0.2) is 4.79 Å². The van der Waals surface area contributed by atoms with Gasteiger partial charge in [0.15, 0.2) is 14.1 Å². The Labute approximate surface area is 78.2 Å². The normalized spacial score (nSPS) is 15.0. The molecule has 13 heavy (non-hydrogen) atoms. The highest BCUT2D eigenvalue weighted by atomic mass is 31.1. The highest BCUT2D eigenvalue weighted by Crippen LogP contribution is 2.23. The van der Waals surface area contributed by atoms with Crippen molar-refractivity contribution in [2.45, 2.75) is 13.0 Å². The molecule has 6 heteroatoms. The van der Waals surface area contributed by atoms with Gasteiger partial charge in [-0.3, -0.25) is 4.57 Å². The molecule has 0 saturated heterocycles. The fourth-order valence-corrected chi connectivity index (χ4v) is 1.84. The van der Waals surface area contributed by atoms with Crippen molar-refractivity contribution < 1.29 is 23.4 Å². The van der Waals surface area contributed by atoms with Crippen LogP contribution in [0.5, 0.6) is 0 Å². The molecular formula is C7H15O5P. The Morgan fingerprint density at radius 2 is 2.08 bits per heavy atom. The van der Waals surface area contributed by atoms with Crippen LogP contribution in [0.25, 0.3) is 0 Å². The maximum atomic E-state index is 11.1. The summed E-state index contributed by atoms with van der Waals surface area (Å²) in [6.45, 7) is 2.11. The highest BCUT2D eigenvalue weighted by Gasteiger charge is 2.21. The number of methoxy groups -OCH3 is 2. The van der Waals surface area contributed by atoms with Gasteiger partial charge in [0.05, 0.1) is 19.9 Å². The van der Waals surface area contributed by atoms with Gasteiger partial charge in [0.25, 0.3) is 0 Å². The van der Waals surface area contributed by atoms with Crippen molar-refractivity contribution in [3.05, 3.63) is 0 Å². The van der Waals surface area contributed by atoms with Crippen molar-refractivity contribution in [2.75, 3.05) is 27.0 Å². The molecule has 2 unspecified atom stereocenters. The summed E-state index contributed by atoms with van der Waals surface area (Å²) in [4.78, 5) is 11.0. The zero-order valence-corrected chi connectivity index (χ0v) is 9.03. The molecule has 0 saturated carbocycles.